The summed E-state index contributed by atoms with van der Waals surface area (Å²) in [5.74, 6) is -2.04. The SMILES string of the molecule is CCNS(=O)(=O)c1ccc(F)c(C(=O)Nc2cc(C(F)(F)F)ccc2N2CCCCC2)c1. The van der Waals surface area contributed by atoms with Gasteiger partial charge in [0.15, 0.2) is 0 Å². The van der Waals surface area contributed by atoms with Crippen LogP contribution in [0, 0.1) is 5.82 Å². The lowest BCUT2D eigenvalue weighted by atomic mass is 10.1. The number of carbonyl (C=O) groups excluding carboxylic acids is 1. The van der Waals surface area contributed by atoms with Gasteiger partial charge in [0.05, 0.1) is 27.4 Å². The van der Waals surface area contributed by atoms with Crippen molar-refractivity contribution in [3.63, 3.8) is 0 Å². The predicted molar refractivity (Wildman–Crippen MR) is 113 cm³/mol. The first-order valence-electron chi connectivity index (χ1n) is 10.1. The van der Waals surface area contributed by atoms with Crippen LogP contribution < -0.4 is 14.9 Å². The van der Waals surface area contributed by atoms with Crippen molar-refractivity contribution in [1.29, 1.82) is 0 Å². The monoisotopic (exact) mass is 473 g/mol. The summed E-state index contributed by atoms with van der Waals surface area (Å²) < 4.78 is 80.8. The lowest BCUT2D eigenvalue weighted by Crippen LogP contribution is -2.30. The highest BCUT2D eigenvalue weighted by molar-refractivity contribution is 7.89. The van der Waals surface area contributed by atoms with E-state index in [1.807, 2.05) is 4.90 Å². The number of sulfonamides is 1. The molecule has 0 bridgehead atoms. The van der Waals surface area contributed by atoms with Crippen molar-refractivity contribution in [2.75, 3.05) is 29.9 Å². The van der Waals surface area contributed by atoms with Crippen molar-refractivity contribution < 1.29 is 30.8 Å². The number of anilines is 2. The Bertz CT molecular complexity index is 1100. The van der Waals surface area contributed by atoms with E-state index in [0.717, 1.165) is 49.6 Å². The van der Waals surface area contributed by atoms with E-state index in [1.54, 1.807) is 6.92 Å². The highest BCUT2D eigenvalue weighted by Gasteiger charge is 2.32. The van der Waals surface area contributed by atoms with Gasteiger partial charge in [0.25, 0.3) is 5.91 Å². The molecular weight excluding hydrogens is 450 g/mol. The molecule has 0 unspecified atom stereocenters. The molecule has 0 atom stereocenters. The average Bonchev–Trinajstić information content (AvgIpc) is 2.73. The second-order valence-electron chi connectivity index (χ2n) is 7.37. The molecule has 6 nitrogen and oxygen atoms in total. The van der Waals surface area contributed by atoms with Crippen LogP contribution in [0.3, 0.4) is 0 Å². The minimum absolute atomic E-state index is 0.0880. The highest BCUT2D eigenvalue weighted by atomic mass is 32.2. The Morgan fingerprint density at radius 2 is 1.75 bits per heavy atom. The van der Waals surface area contributed by atoms with Crippen LogP contribution in [0.5, 0.6) is 0 Å². The standard InChI is InChI=1S/C21H23F4N3O3S/c1-2-26-32(30,31)15-7-8-17(22)16(13-15)20(29)27-18-12-14(21(23,24)25)6-9-19(18)28-10-4-3-5-11-28/h6-9,12-13,26H,2-5,10-11H2,1H3,(H,27,29). The zero-order chi connectivity index (χ0) is 23.5. The number of hydrogen-bond acceptors (Lipinski definition) is 4. The summed E-state index contributed by atoms with van der Waals surface area (Å²) in [5.41, 5.74) is -1.28. The Hall–Kier alpha value is -2.66. The minimum atomic E-state index is -4.63. The molecule has 0 saturated carbocycles. The fourth-order valence-electron chi connectivity index (χ4n) is 3.53. The molecule has 32 heavy (non-hydrogen) atoms. The van der Waals surface area contributed by atoms with Crippen LogP contribution in [0.15, 0.2) is 41.3 Å². The van der Waals surface area contributed by atoms with Crippen molar-refractivity contribution in [3.8, 4) is 0 Å². The summed E-state index contributed by atoms with van der Waals surface area (Å²) in [5, 5.41) is 2.35. The number of benzene rings is 2. The number of alkyl halides is 3. The number of piperidine rings is 1. The molecule has 3 rings (SSSR count). The smallest absolute Gasteiger partial charge is 0.370 e. The van der Waals surface area contributed by atoms with Gasteiger partial charge in [0.1, 0.15) is 5.82 Å². The minimum Gasteiger partial charge on any atom is -0.370 e. The van der Waals surface area contributed by atoms with Gasteiger partial charge < -0.3 is 10.2 Å². The summed E-state index contributed by atoms with van der Waals surface area (Å²) in [6, 6.07) is 5.72. The quantitative estimate of drug-likeness (QED) is 0.611. The zero-order valence-corrected chi connectivity index (χ0v) is 18.1. The van der Waals surface area contributed by atoms with Gasteiger partial charge in [-0.3, -0.25) is 4.79 Å². The van der Waals surface area contributed by atoms with E-state index in [4.69, 9.17) is 0 Å². The first kappa shape index (κ1) is 24.0. The van der Waals surface area contributed by atoms with Crippen molar-refractivity contribution in [1.82, 2.24) is 4.72 Å². The number of hydrogen-bond donors (Lipinski definition) is 2. The van der Waals surface area contributed by atoms with Crippen LogP contribution in [0.1, 0.15) is 42.1 Å². The molecule has 2 aromatic carbocycles. The first-order valence-corrected chi connectivity index (χ1v) is 11.6. The molecule has 1 aliphatic heterocycles. The molecule has 0 spiro atoms. The summed E-state index contributed by atoms with van der Waals surface area (Å²) in [4.78, 5) is 14.3. The lowest BCUT2D eigenvalue weighted by Gasteiger charge is -2.31. The van der Waals surface area contributed by atoms with E-state index < -0.39 is 39.1 Å². The van der Waals surface area contributed by atoms with Gasteiger partial charge in [-0.15, -0.1) is 0 Å². The molecule has 1 heterocycles. The van der Waals surface area contributed by atoms with Crippen LogP contribution in [-0.4, -0.2) is 34.0 Å². The highest BCUT2D eigenvalue weighted by Crippen LogP contribution is 2.36. The van der Waals surface area contributed by atoms with E-state index in [9.17, 15) is 30.8 Å². The summed E-state index contributed by atoms with van der Waals surface area (Å²) >= 11 is 0. The molecule has 2 aromatic rings. The Kier molecular flexibility index (Phi) is 7.09. The van der Waals surface area contributed by atoms with Gasteiger partial charge >= 0.3 is 6.18 Å². The van der Waals surface area contributed by atoms with Crippen LogP contribution in [0.2, 0.25) is 0 Å². The first-order chi connectivity index (χ1) is 15.0. The van der Waals surface area contributed by atoms with Crippen LogP contribution in [0.4, 0.5) is 28.9 Å². The Morgan fingerprint density at radius 3 is 2.38 bits per heavy atom. The van der Waals surface area contributed by atoms with Crippen LogP contribution in [0.25, 0.3) is 0 Å². The molecule has 174 valence electrons. The molecule has 1 saturated heterocycles. The number of halogens is 4. The van der Waals surface area contributed by atoms with Gasteiger partial charge in [0.2, 0.25) is 10.0 Å². The topological polar surface area (TPSA) is 78.5 Å². The second kappa shape index (κ2) is 9.45. The zero-order valence-electron chi connectivity index (χ0n) is 17.3. The molecule has 0 radical (unpaired) electrons. The largest absolute Gasteiger partial charge is 0.416 e. The predicted octanol–water partition coefficient (Wildman–Crippen LogP) is 4.39. The van der Waals surface area contributed by atoms with E-state index in [-0.39, 0.29) is 17.1 Å². The maximum atomic E-state index is 14.4. The normalized spacial score (nSPS) is 15.0. The maximum absolute atomic E-state index is 14.4. The van der Waals surface area contributed by atoms with Crippen LogP contribution in [-0.2, 0) is 16.2 Å². The summed E-state index contributed by atoms with van der Waals surface area (Å²) in [7, 11) is -3.96. The van der Waals surface area contributed by atoms with Gasteiger partial charge in [-0.25, -0.2) is 17.5 Å². The second-order valence-corrected chi connectivity index (χ2v) is 9.14. The summed E-state index contributed by atoms with van der Waals surface area (Å²) in [6.07, 6.45) is -1.93. The van der Waals surface area contributed by atoms with Gasteiger partial charge in [-0.05, 0) is 55.7 Å². The molecular formula is C21H23F4N3O3S. The third-order valence-corrected chi connectivity index (χ3v) is 6.64. The number of nitrogens with zero attached hydrogens (tertiary/aromatic N) is 1. The number of rotatable bonds is 6. The van der Waals surface area contributed by atoms with Crippen LogP contribution >= 0.6 is 0 Å². The Balaban J connectivity index is 1.99. The molecule has 1 amide bonds. The number of amides is 1. The van der Waals surface area contributed by atoms with Crippen molar-refractivity contribution in [2.24, 2.45) is 0 Å². The van der Waals surface area contributed by atoms with Crippen molar-refractivity contribution >= 4 is 27.3 Å². The fraction of sp³-hybridized carbons (Fsp3) is 0.381. The maximum Gasteiger partial charge on any atom is 0.416 e. The van der Waals surface area contributed by atoms with Gasteiger partial charge in [-0.1, -0.05) is 6.92 Å². The van der Waals surface area contributed by atoms with Crippen molar-refractivity contribution in [3.05, 3.63) is 53.3 Å². The molecule has 0 aliphatic carbocycles. The van der Waals surface area contributed by atoms with E-state index in [0.29, 0.717) is 18.8 Å². The molecule has 1 fully saturated rings. The van der Waals surface area contributed by atoms with E-state index >= 15 is 0 Å². The number of carbonyl (C=O) groups is 1. The van der Waals surface area contributed by atoms with E-state index in [2.05, 4.69) is 10.0 Å². The average molecular weight is 473 g/mol. The third-order valence-electron chi connectivity index (χ3n) is 5.10. The third kappa shape index (κ3) is 5.39. The molecule has 0 aromatic heterocycles. The van der Waals surface area contributed by atoms with E-state index in [1.165, 1.54) is 6.07 Å². The number of nitrogens with one attached hydrogen (secondary N) is 2. The lowest BCUT2D eigenvalue weighted by molar-refractivity contribution is -0.137. The van der Waals surface area contributed by atoms with Crippen molar-refractivity contribution in [2.45, 2.75) is 37.3 Å². The fourth-order valence-corrected chi connectivity index (χ4v) is 4.60. The Morgan fingerprint density at radius 1 is 1.06 bits per heavy atom. The van der Waals surface area contributed by atoms with Gasteiger partial charge in [-0.2, -0.15) is 13.2 Å². The van der Waals surface area contributed by atoms with Gasteiger partial charge in [0, 0.05) is 19.6 Å². The molecule has 1 aliphatic rings. The summed E-state index contributed by atoms with van der Waals surface area (Å²) in [6.45, 7) is 2.87. The molecule has 11 heteroatoms. The Labute approximate surface area is 183 Å². The molecule has 2 N–H and O–H groups in total.